The average molecular weight is 309 g/mol. The summed E-state index contributed by atoms with van der Waals surface area (Å²) in [6.45, 7) is 0. The van der Waals surface area contributed by atoms with Crippen molar-refractivity contribution in [3.63, 3.8) is 0 Å². The van der Waals surface area contributed by atoms with Gasteiger partial charge in [0.1, 0.15) is 0 Å². The topological polar surface area (TPSA) is 79.5 Å². The maximum atomic E-state index is 10.8. The Morgan fingerprint density at radius 2 is 1.65 bits per heavy atom. The van der Waals surface area contributed by atoms with E-state index in [1.54, 1.807) is 43.5 Å². The highest BCUT2D eigenvalue weighted by Crippen LogP contribution is 2.30. The molecule has 0 aromatic heterocycles. The van der Waals surface area contributed by atoms with Gasteiger partial charge in [-0.1, -0.05) is 12.1 Å². The summed E-state index contributed by atoms with van der Waals surface area (Å²) in [5, 5.41) is 18.3. The van der Waals surface area contributed by atoms with Crippen molar-refractivity contribution in [2.24, 2.45) is 0 Å². The normalized spacial score (nSPS) is 10.7. The minimum Gasteiger partial charge on any atom is -0.493 e. The molecule has 0 fully saturated rings. The number of hydrogen-bond acceptors (Lipinski definition) is 4. The van der Waals surface area contributed by atoms with Crippen molar-refractivity contribution >= 4 is 17.6 Å². The molecule has 0 aliphatic heterocycles. The second-order valence-electron chi connectivity index (χ2n) is 4.67. The van der Waals surface area contributed by atoms with Crippen molar-refractivity contribution in [3.05, 3.63) is 59.2 Å². The predicted molar refractivity (Wildman–Crippen MR) is 86.4 cm³/mol. The number of rotatable bonds is 5. The zero-order valence-corrected chi connectivity index (χ0v) is 12.7. The molecule has 2 aromatic rings. The molecule has 0 atom stereocenters. The van der Waals surface area contributed by atoms with E-state index in [-0.39, 0.29) is 5.56 Å². The number of ether oxygens (including phenoxy) is 2. The Labute approximate surface area is 134 Å². The van der Waals surface area contributed by atoms with E-state index in [9.17, 15) is 10.1 Å². The van der Waals surface area contributed by atoms with Gasteiger partial charge in [-0.05, 0) is 47.5 Å². The van der Waals surface area contributed by atoms with Crippen LogP contribution in [0.3, 0.4) is 0 Å². The molecule has 0 radical (unpaired) electrons. The molecule has 0 saturated heterocycles. The molecule has 0 bridgehead atoms. The Bertz CT molecular complexity index is 786. The van der Waals surface area contributed by atoms with E-state index in [2.05, 4.69) is 6.07 Å². The van der Waals surface area contributed by atoms with Gasteiger partial charge in [-0.2, -0.15) is 5.26 Å². The molecule has 5 nitrogen and oxygen atoms in total. The first-order valence-corrected chi connectivity index (χ1v) is 6.76. The molecule has 0 unspecified atom stereocenters. The third-order valence-electron chi connectivity index (χ3n) is 3.28. The molecule has 5 heteroatoms. The van der Waals surface area contributed by atoms with Gasteiger partial charge in [0.2, 0.25) is 0 Å². The zero-order chi connectivity index (χ0) is 16.8. The zero-order valence-electron chi connectivity index (χ0n) is 12.7. The second-order valence-corrected chi connectivity index (χ2v) is 4.67. The lowest BCUT2D eigenvalue weighted by molar-refractivity contribution is 0.0697. The van der Waals surface area contributed by atoms with Crippen LogP contribution in [0.5, 0.6) is 11.5 Å². The largest absolute Gasteiger partial charge is 0.493 e. The van der Waals surface area contributed by atoms with Gasteiger partial charge in [-0.15, -0.1) is 0 Å². The summed E-state index contributed by atoms with van der Waals surface area (Å²) in [5.41, 5.74) is 2.06. The fraction of sp³-hybridized carbons (Fsp3) is 0.111. The van der Waals surface area contributed by atoms with Crippen LogP contribution in [-0.4, -0.2) is 25.3 Å². The number of hydrogen-bond donors (Lipinski definition) is 1. The highest BCUT2D eigenvalue weighted by Gasteiger charge is 2.08. The molecule has 1 N–H and O–H groups in total. The van der Waals surface area contributed by atoms with Crippen molar-refractivity contribution in [1.29, 1.82) is 5.26 Å². The van der Waals surface area contributed by atoms with E-state index >= 15 is 0 Å². The minimum atomic E-state index is -0.985. The molecule has 2 rings (SSSR count). The second kappa shape index (κ2) is 7.14. The van der Waals surface area contributed by atoms with Crippen molar-refractivity contribution in [2.75, 3.05) is 14.2 Å². The van der Waals surface area contributed by atoms with E-state index in [1.807, 2.05) is 0 Å². The summed E-state index contributed by atoms with van der Waals surface area (Å²) in [6, 6.07) is 13.7. The lowest BCUT2D eigenvalue weighted by Crippen LogP contribution is -1.95. The first-order chi connectivity index (χ1) is 11.1. The number of benzene rings is 2. The molecule has 23 heavy (non-hydrogen) atoms. The standard InChI is InChI=1S/C18H15NO4/c1-22-16-8-7-14(10-17(16)23-2)15(11-19)9-12-3-5-13(6-4-12)18(20)21/h3-10H,1-2H3,(H,20,21). The van der Waals surface area contributed by atoms with Crippen LogP contribution < -0.4 is 9.47 Å². The molecular weight excluding hydrogens is 294 g/mol. The van der Waals surface area contributed by atoms with Crippen LogP contribution in [-0.2, 0) is 0 Å². The minimum absolute atomic E-state index is 0.201. The van der Waals surface area contributed by atoms with Gasteiger partial charge in [0, 0.05) is 0 Å². The third-order valence-corrected chi connectivity index (χ3v) is 3.28. The first kappa shape index (κ1) is 16.1. The Balaban J connectivity index is 2.39. The van der Waals surface area contributed by atoms with Crippen LogP contribution in [0, 0.1) is 11.3 Å². The molecule has 0 aliphatic carbocycles. The molecule has 0 heterocycles. The number of nitrogens with zero attached hydrogens (tertiary/aromatic N) is 1. The van der Waals surface area contributed by atoms with E-state index in [0.29, 0.717) is 22.6 Å². The van der Waals surface area contributed by atoms with Crippen LogP contribution in [0.2, 0.25) is 0 Å². The fourth-order valence-corrected chi connectivity index (χ4v) is 2.07. The smallest absolute Gasteiger partial charge is 0.335 e. The van der Waals surface area contributed by atoms with E-state index in [1.165, 1.54) is 19.2 Å². The molecule has 0 saturated carbocycles. The molecule has 2 aromatic carbocycles. The first-order valence-electron chi connectivity index (χ1n) is 6.76. The Morgan fingerprint density at radius 1 is 1.04 bits per heavy atom. The monoisotopic (exact) mass is 309 g/mol. The van der Waals surface area contributed by atoms with Crippen molar-refractivity contribution in [1.82, 2.24) is 0 Å². The van der Waals surface area contributed by atoms with Crippen LogP contribution in [0.1, 0.15) is 21.5 Å². The van der Waals surface area contributed by atoms with Crippen molar-refractivity contribution in [2.45, 2.75) is 0 Å². The predicted octanol–water partition coefficient (Wildman–Crippen LogP) is 3.47. The number of methoxy groups -OCH3 is 2. The van der Waals surface area contributed by atoms with Crippen LogP contribution in [0.25, 0.3) is 11.6 Å². The lowest BCUT2D eigenvalue weighted by Gasteiger charge is -2.09. The summed E-state index contributed by atoms with van der Waals surface area (Å²) in [7, 11) is 3.07. The van der Waals surface area contributed by atoms with Crippen molar-refractivity contribution in [3.8, 4) is 17.6 Å². The van der Waals surface area contributed by atoms with Crippen molar-refractivity contribution < 1.29 is 19.4 Å². The number of allylic oxidation sites excluding steroid dienone is 1. The molecule has 0 amide bonds. The molecule has 116 valence electrons. The quantitative estimate of drug-likeness (QED) is 0.676. The van der Waals surface area contributed by atoms with E-state index in [0.717, 1.165) is 5.56 Å². The van der Waals surface area contributed by atoms with Gasteiger partial charge in [0.15, 0.2) is 11.5 Å². The maximum absolute atomic E-state index is 10.8. The summed E-state index contributed by atoms with van der Waals surface area (Å²) in [6.07, 6.45) is 1.69. The van der Waals surface area contributed by atoms with E-state index < -0.39 is 5.97 Å². The SMILES string of the molecule is COc1ccc(C(C#N)=Cc2ccc(C(=O)O)cc2)cc1OC. The summed E-state index contributed by atoms with van der Waals surface area (Å²) >= 11 is 0. The molecule has 0 aliphatic rings. The Kier molecular flexibility index (Phi) is 5.00. The number of nitriles is 1. The lowest BCUT2D eigenvalue weighted by atomic mass is 10.0. The Morgan fingerprint density at radius 3 is 2.17 bits per heavy atom. The van der Waals surface area contributed by atoms with Gasteiger partial charge < -0.3 is 14.6 Å². The summed E-state index contributed by atoms with van der Waals surface area (Å²) in [5.74, 6) is 0.132. The van der Waals surface area contributed by atoms with Gasteiger partial charge in [-0.3, -0.25) is 0 Å². The number of carbonyl (C=O) groups is 1. The number of carboxylic acid groups (broad SMARTS) is 1. The average Bonchev–Trinajstić information content (AvgIpc) is 2.59. The Hall–Kier alpha value is -3.26. The van der Waals surface area contributed by atoms with Gasteiger partial charge >= 0.3 is 5.97 Å². The number of aromatic carboxylic acids is 1. The van der Waals surface area contributed by atoms with Gasteiger partial charge in [0.25, 0.3) is 0 Å². The van der Waals surface area contributed by atoms with Gasteiger partial charge in [0.05, 0.1) is 31.4 Å². The molecule has 0 spiro atoms. The third kappa shape index (κ3) is 3.69. The summed E-state index contributed by atoms with van der Waals surface area (Å²) in [4.78, 5) is 10.8. The fourth-order valence-electron chi connectivity index (χ4n) is 2.07. The number of carboxylic acids is 1. The highest BCUT2D eigenvalue weighted by molar-refractivity contribution is 5.91. The highest BCUT2D eigenvalue weighted by atomic mass is 16.5. The molecular formula is C18H15NO4. The van der Waals surface area contributed by atoms with Crippen LogP contribution in [0.4, 0.5) is 0 Å². The van der Waals surface area contributed by atoms with Crippen LogP contribution in [0.15, 0.2) is 42.5 Å². The maximum Gasteiger partial charge on any atom is 0.335 e. The van der Waals surface area contributed by atoms with Crippen LogP contribution >= 0.6 is 0 Å². The summed E-state index contributed by atoms with van der Waals surface area (Å²) < 4.78 is 10.4. The van der Waals surface area contributed by atoms with E-state index in [4.69, 9.17) is 14.6 Å². The van der Waals surface area contributed by atoms with Gasteiger partial charge in [-0.25, -0.2) is 4.79 Å².